The van der Waals surface area contributed by atoms with Crippen LogP contribution in [0, 0.1) is 0 Å². The molecule has 21 heavy (non-hydrogen) atoms. The topological polar surface area (TPSA) is 73.8 Å². The summed E-state index contributed by atoms with van der Waals surface area (Å²) in [5, 5.41) is 12.3. The molecule has 0 fully saturated rings. The number of H-pyrrole nitrogens is 1. The number of hydrazine groups is 1. The molecule has 1 aromatic heterocycles. The molecule has 0 saturated heterocycles. The van der Waals surface area contributed by atoms with Crippen molar-refractivity contribution in [2.24, 2.45) is 5.10 Å². The molecule has 0 bridgehead atoms. The van der Waals surface area contributed by atoms with Gasteiger partial charge in [0.15, 0.2) is 11.4 Å². The van der Waals surface area contributed by atoms with E-state index in [-0.39, 0.29) is 25.4 Å². The Morgan fingerprint density at radius 1 is 1.52 bits per heavy atom. The molecule has 7 nitrogen and oxygen atoms in total. The number of esters is 1. The Kier molecular flexibility index (Phi) is 4.16. The third-order valence-corrected chi connectivity index (χ3v) is 2.76. The van der Waals surface area contributed by atoms with E-state index < -0.39 is 17.9 Å². The number of ether oxygens (including phenoxy) is 1. The molecule has 0 amide bonds. The molecule has 0 radical (unpaired) electrons. The highest BCUT2D eigenvalue weighted by Crippen LogP contribution is 2.23. The number of aromatic nitrogens is 2. The minimum absolute atomic E-state index is 0.0441. The van der Waals surface area contributed by atoms with E-state index in [1.165, 1.54) is 18.1 Å². The first-order valence-electron chi connectivity index (χ1n) is 6.16. The van der Waals surface area contributed by atoms with Crippen LogP contribution < -0.4 is 0 Å². The van der Waals surface area contributed by atoms with Crippen LogP contribution in [0.4, 0.5) is 13.2 Å². The number of alkyl halides is 3. The zero-order chi connectivity index (χ0) is 15.6. The third kappa shape index (κ3) is 3.51. The minimum Gasteiger partial charge on any atom is -0.461 e. The fourth-order valence-corrected chi connectivity index (χ4v) is 1.75. The van der Waals surface area contributed by atoms with E-state index in [1.54, 1.807) is 6.92 Å². The van der Waals surface area contributed by atoms with E-state index in [4.69, 9.17) is 4.74 Å². The van der Waals surface area contributed by atoms with Crippen molar-refractivity contribution in [1.82, 2.24) is 20.3 Å². The van der Waals surface area contributed by atoms with Crippen LogP contribution in [0.15, 0.2) is 11.2 Å². The highest BCUT2D eigenvalue weighted by atomic mass is 19.4. The molecule has 1 N–H and O–H groups in total. The van der Waals surface area contributed by atoms with Crippen LogP contribution in [0.5, 0.6) is 0 Å². The van der Waals surface area contributed by atoms with Gasteiger partial charge < -0.3 is 4.74 Å². The summed E-state index contributed by atoms with van der Waals surface area (Å²) < 4.78 is 42.5. The van der Waals surface area contributed by atoms with Crippen LogP contribution >= 0.6 is 0 Å². The van der Waals surface area contributed by atoms with Crippen LogP contribution in [-0.2, 0) is 11.3 Å². The molecule has 0 aromatic carbocycles. The largest absolute Gasteiger partial charge is 0.461 e. The van der Waals surface area contributed by atoms with Gasteiger partial charge in [0.2, 0.25) is 0 Å². The lowest BCUT2D eigenvalue weighted by Gasteiger charge is -2.21. The first-order chi connectivity index (χ1) is 9.81. The zero-order valence-electron chi connectivity index (χ0n) is 11.4. The maximum absolute atomic E-state index is 12.6. The van der Waals surface area contributed by atoms with Gasteiger partial charge in [-0.1, -0.05) is 0 Å². The second-order valence-corrected chi connectivity index (χ2v) is 4.39. The smallest absolute Gasteiger partial charge is 0.432 e. The third-order valence-electron chi connectivity index (χ3n) is 2.76. The maximum Gasteiger partial charge on any atom is 0.432 e. The SMILES string of the molecule is CCOC(=O)c1cc(CN2N=C(C(F)(F)F)CN2C)[nH]n1. The van der Waals surface area contributed by atoms with E-state index in [0.29, 0.717) is 5.69 Å². The predicted octanol–water partition coefficient (Wildman–Crippen LogP) is 1.17. The number of nitrogens with one attached hydrogen (secondary N) is 1. The number of hydrogen-bond acceptors (Lipinski definition) is 6. The number of aromatic amines is 1. The minimum atomic E-state index is -4.45. The molecule has 1 aromatic rings. The monoisotopic (exact) mass is 305 g/mol. The van der Waals surface area contributed by atoms with Crippen molar-refractivity contribution in [2.45, 2.75) is 19.6 Å². The Morgan fingerprint density at radius 2 is 2.24 bits per heavy atom. The molecule has 0 saturated carbocycles. The van der Waals surface area contributed by atoms with Crippen LogP contribution in [0.2, 0.25) is 0 Å². The summed E-state index contributed by atoms with van der Waals surface area (Å²) in [6.07, 6.45) is -4.45. The second-order valence-electron chi connectivity index (χ2n) is 4.39. The Balaban J connectivity index is 2.05. The first-order valence-corrected chi connectivity index (χ1v) is 6.16. The van der Waals surface area contributed by atoms with Gasteiger partial charge in [0.25, 0.3) is 0 Å². The number of carbonyl (C=O) groups excluding carboxylic acids is 1. The number of hydrazone groups is 1. The number of nitrogens with zero attached hydrogens (tertiary/aromatic N) is 4. The van der Waals surface area contributed by atoms with Crippen molar-refractivity contribution in [2.75, 3.05) is 20.2 Å². The van der Waals surface area contributed by atoms with Gasteiger partial charge in [-0.05, 0) is 13.0 Å². The number of carbonyl (C=O) groups is 1. The molecule has 0 unspecified atom stereocenters. The highest BCUT2D eigenvalue weighted by molar-refractivity contribution is 5.92. The van der Waals surface area contributed by atoms with Gasteiger partial charge in [0, 0.05) is 7.05 Å². The molecule has 0 spiro atoms. The Hall–Kier alpha value is -2.10. The van der Waals surface area contributed by atoms with Crippen LogP contribution in [0.1, 0.15) is 23.1 Å². The lowest BCUT2D eigenvalue weighted by Crippen LogP contribution is -2.33. The average Bonchev–Trinajstić information content (AvgIpc) is 2.98. The first kappa shape index (κ1) is 15.3. The van der Waals surface area contributed by atoms with Crippen LogP contribution in [0.25, 0.3) is 0 Å². The van der Waals surface area contributed by atoms with Crippen LogP contribution in [-0.4, -0.2) is 58.4 Å². The summed E-state index contributed by atoms with van der Waals surface area (Å²) in [5.74, 6) is -0.589. The van der Waals surface area contributed by atoms with E-state index in [1.807, 2.05) is 0 Å². The molecule has 0 aliphatic carbocycles. The molecular weight excluding hydrogens is 291 g/mol. The lowest BCUT2D eigenvalue weighted by atomic mass is 10.3. The van der Waals surface area contributed by atoms with Crippen molar-refractivity contribution >= 4 is 11.7 Å². The standard InChI is InChI=1S/C11H14F3N5O2/c1-3-21-10(20)8-4-7(15-16-8)5-19-17-9(6-18(19)2)11(12,13)14/h4H,3,5-6H2,1-2H3,(H,15,16). The predicted molar refractivity (Wildman–Crippen MR) is 66.2 cm³/mol. The molecule has 116 valence electrons. The van der Waals surface area contributed by atoms with E-state index in [0.717, 1.165) is 5.12 Å². The van der Waals surface area contributed by atoms with Crippen molar-refractivity contribution in [3.05, 3.63) is 17.5 Å². The summed E-state index contributed by atoms with van der Waals surface area (Å²) in [4.78, 5) is 11.4. The van der Waals surface area contributed by atoms with Gasteiger partial charge in [-0.25, -0.2) is 14.9 Å². The summed E-state index contributed by atoms with van der Waals surface area (Å²) in [6.45, 7) is 1.61. The van der Waals surface area contributed by atoms with Gasteiger partial charge in [0.1, 0.15) is 0 Å². The summed E-state index contributed by atoms with van der Waals surface area (Å²) in [6, 6.07) is 1.42. The number of halogens is 3. The molecule has 1 aliphatic rings. The molecule has 2 rings (SSSR count). The molecule has 10 heteroatoms. The number of hydrogen-bond donors (Lipinski definition) is 1. The van der Waals surface area contributed by atoms with E-state index >= 15 is 0 Å². The van der Waals surface area contributed by atoms with Crippen molar-refractivity contribution < 1.29 is 22.7 Å². The van der Waals surface area contributed by atoms with E-state index in [2.05, 4.69) is 15.3 Å². The number of rotatable bonds is 4. The Labute approximate surface area is 118 Å². The molecule has 0 atom stereocenters. The van der Waals surface area contributed by atoms with Crippen molar-refractivity contribution in [3.63, 3.8) is 0 Å². The Morgan fingerprint density at radius 3 is 2.81 bits per heavy atom. The molecule has 1 aliphatic heterocycles. The quantitative estimate of drug-likeness (QED) is 0.845. The highest BCUT2D eigenvalue weighted by Gasteiger charge is 2.41. The van der Waals surface area contributed by atoms with Crippen molar-refractivity contribution in [3.8, 4) is 0 Å². The van der Waals surface area contributed by atoms with Gasteiger partial charge in [0.05, 0.1) is 25.4 Å². The zero-order valence-corrected chi connectivity index (χ0v) is 11.4. The summed E-state index contributed by atoms with van der Waals surface area (Å²) in [5.41, 5.74) is -0.332. The molecular formula is C11H14F3N5O2. The maximum atomic E-state index is 12.6. The van der Waals surface area contributed by atoms with Crippen LogP contribution in [0.3, 0.4) is 0 Å². The van der Waals surface area contributed by atoms with Gasteiger partial charge in [-0.2, -0.15) is 23.4 Å². The Bertz CT molecular complexity index is 554. The summed E-state index contributed by atoms with van der Waals surface area (Å²) >= 11 is 0. The van der Waals surface area contributed by atoms with Gasteiger partial charge in [-0.15, -0.1) is 0 Å². The average molecular weight is 305 g/mol. The van der Waals surface area contributed by atoms with Gasteiger partial charge >= 0.3 is 12.1 Å². The normalized spacial score (nSPS) is 16.2. The summed E-state index contributed by atoms with van der Waals surface area (Å²) in [7, 11) is 1.49. The fourth-order valence-electron chi connectivity index (χ4n) is 1.75. The van der Waals surface area contributed by atoms with E-state index in [9.17, 15) is 18.0 Å². The second kappa shape index (κ2) is 5.72. The van der Waals surface area contributed by atoms with Crippen molar-refractivity contribution in [1.29, 1.82) is 0 Å². The van der Waals surface area contributed by atoms with Gasteiger partial charge in [-0.3, -0.25) is 5.10 Å². The fraction of sp³-hybridized carbons (Fsp3) is 0.545. The lowest BCUT2D eigenvalue weighted by molar-refractivity contribution is -0.0598. The molecule has 2 heterocycles.